The highest BCUT2D eigenvalue weighted by Gasteiger charge is 2.21. The van der Waals surface area contributed by atoms with Crippen molar-refractivity contribution in [2.24, 2.45) is 0 Å². The van der Waals surface area contributed by atoms with E-state index in [2.05, 4.69) is 19.2 Å². The molecule has 1 atom stereocenters. The van der Waals surface area contributed by atoms with Gasteiger partial charge in [-0.3, -0.25) is 9.69 Å². The van der Waals surface area contributed by atoms with Crippen molar-refractivity contribution in [1.29, 1.82) is 0 Å². The van der Waals surface area contributed by atoms with Crippen LogP contribution in [0.1, 0.15) is 31.7 Å². The topological polar surface area (TPSA) is 52.6 Å². The molecule has 0 aliphatic carbocycles. The van der Waals surface area contributed by atoms with Gasteiger partial charge in [0.2, 0.25) is 5.91 Å². The normalized spacial score (nSPS) is 19.9. The van der Waals surface area contributed by atoms with E-state index in [-0.39, 0.29) is 12.0 Å². The van der Waals surface area contributed by atoms with Gasteiger partial charge in [-0.25, -0.2) is 0 Å². The van der Waals surface area contributed by atoms with Crippen LogP contribution < -0.4 is 5.32 Å². The summed E-state index contributed by atoms with van der Waals surface area (Å²) in [4.78, 5) is 13.8. The lowest BCUT2D eigenvalue weighted by Crippen LogP contribution is -2.32. The Morgan fingerprint density at radius 1 is 1.42 bits per heavy atom. The molecule has 4 nitrogen and oxygen atoms in total. The number of anilines is 1. The van der Waals surface area contributed by atoms with Crippen LogP contribution in [0.3, 0.4) is 0 Å². The van der Waals surface area contributed by atoms with Crippen molar-refractivity contribution in [2.75, 3.05) is 25.0 Å². The highest BCUT2D eigenvalue weighted by molar-refractivity contribution is 5.92. The van der Waals surface area contributed by atoms with Gasteiger partial charge in [-0.2, -0.15) is 0 Å². The summed E-state index contributed by atoms with van der Waals surface area (Å²) in [5.74, 6) is 0.474. The molecule has 104 valence electrons. The molecule has 1 fully saturated rings. The van der Waals surface area contributed by atoms with Crippen LogP contribution >= 0.6 is 0 Å². The van der Waals surface area contributed by atoms with Crippen molar-refractivity contribution in [3.63, 3.8) is 0 Å². The zero-order valence-electron chi connectivity index (χ0n) is 11.6. The first kappa shape index (κ1) is 14.0. The lowest BCUT2D eigenvalue weighted by Gasteiger charge is -2.14. The molecule has 0 radical (unpaired) electrons. The number of carbonyl (C=O) groups excluding carboxylic acids is 1. The minimum absolute atomic E-state index is 0.0219. The summed E-state index contributed by atoms with van der Waals surface area (Å²) >= 11 is 0. The number of aliphatic hydroxyl groups is 1. The smallest absolute Gasteiger partial charge is 0.238 e. The molecule has 0 saturated carbocycles. The van der Waals surface area contributed by atoms with Crippen molar-refractivity contribution in [1.82, 2.24) is 4.90 Å². The lowest BCUT2D eigenvalue weighted by molar-refractivity contribution is -0.117. The Morgan fingerprint density at radius 2 is 2.11 bits per heavy atom. The van der Waals surface area contributed by atoms with Crippen molar-refractivity contribution in [3.05, 3.63) is 29.8 Å². The van der Waals surface area contributed by atoms with E-state index in [0.29, 0.717) is 19.0 Å². The molecule has 1 heterocycles. The molecule has 19 heavy (non-hydrogen) atoms. The molecule has 0 bridgehead atoms. The van der Waals surface area contributed by atoms with Crippen LogP contribution in [0.2, 0.25) is 0 Å². The van der Waals surface area contributed by atoms with Crippen molar-refractivity contribution in [3.8, 4) is 0 Å². The third-order valence-corrected chi connectivity index (χ3v) is 3.48. The average molecular weight is 262 g/mol. The Kier molecular flexibility index (Phi) is 4.56. The number of carbonyl (C=O) groups is 1. The van der Waals surface area contributed by atoms with E-state index in [0.717, 1.165) is 18.7 Å². The number of nitrogens with zero attached hydrogens (tertiary/aromatic N) is 1. The molecule has 4 heteroatoms. The number of amides is 1. The summed E-state index contributed by atoms with van der Waals surface area (Å²) in [7, 11) is 0. The molecular formula is C15H22N2O2. The second kappa shape index (κ2) is 6.17. The highest BCUT2D eigenvalue weighted by Crippen LogP contribution is 2.17. The minimum atomic E-state index is -0.280. The number of hydrogen-bond donors (Lipinski definition) is 2. The van der Waals surface area contributed by atoms with Gasteiger partial charge in [0.25, 0.3) is 0 Å². The zero-order chi connectivity index (χ0) is 13.8. The van der Waals surface area contributed by atoms with Crippen LogP contribution in [0.15, 0.2) is 24.3 Å². The fourth-order valence-electron chi connectivity index (χ4n) is 2.31. The minimum Gasteiger partial charge on any atom is -0.392 e. The van der Waals surface area contributed by atoms with Gasteiger partial charge in [0.05, 0.1) is 12.6 Å². The largest absolute Gasteiger partial charge is 0.392 e. The van der Waals surface area contributed by atoms with Gasteiger partial charge < -0.3 is 10.4 Å². The molecule has 0 unspecified atom stereocenters. The monoisotopic (exact) mass is 262 g/mol. The summed E-state index contributed by atoms with van der Waals surface area (Å²) < 4.78 is 0. The molecular weight excluding hydrogens is 240 g/mol. The molecule has 1 aliphatic heterocycles. The Labute approximate surface area is 114 Å². The maximum Gasteiger partial charge on any atom is 0.238 e. The standard InChI is InChI=1S/C15H22N2O2/c1-11(2)12-3-5-13(6-4-12)16-15(19)10-17-8-7-14(18)9-17/h3-6,11,14,18H,7-10H2,1-2H3,(H,16,19)/t14-/m0/s1. The molecule has 1 aromatic carbocycles. The van der Waals surface area contributed by atoms with Crippen molar-refractivity contribution >= 4 is 11.6 Å². The fourth-order valence-corrected chi connectivity index (χ4v) is 2.31. The molecule has 0 spiro atoms. The first-order chi connectivity index (χ1) is 9.04. The summed E-state index contributed by atoms with van der Waals surface area (Å²) in [5, 5.41) is 12.3. The van der Waals surface area contributed by atoms with Crippen LogP contribution in [-0.4, -0.2) is 41.7 Å². The second-order valence-corrected chi connectivity index (χ2v) is 5.50. The molecule has 1 saturated heterocycles. The molecule has 1 amide bonds. The maximum atomic E-state index is 11.9. The van der Waals surface area contributed by atoms with Crippen LogP contribution in [0.4, 0.5) is 5.69 Å². The predicted molar refractivity (Wildman–Crippen MR) is 76.2 cm³/mol. The van der Waals surface area contributed by atoms with E-state index >= 15 is 0 Å². The fraction of sp³-hybridized carbons (Fsp3) is 0.533. The Morgan fingerprint density at radius 3 is 2.63 bits per heavy atom. The summed E-state index contributed by atoms with van der Waals surface area (Å²) in [6.07, 6.45) is 0.481. The highest BCUT2D eigenvalue weighted by atomic mass is 16.3. The number of β-amino-alcohol motifs (C(OH)–C–C–N with tert-alkyl or cyclic N) is 1. The van der Waals surface area contributed by atoms with Gasteiger partial charge >= 0.3 is 0 Å². The van der Waals surface area contributed by atoms with E-state index in [1.54, 1.807) is 0 Å². The first-order valence-corrected chi connectivity index (χ1v) is 6.85. The van der Waals surface area contributed by atoms with Gasteiger partial charge in [0.15, 0.2) is 0 Å². The Hall–Kier alpha value is -1.39. The van der Waals surface area contributed by atoms with Crippen LogP contribution in [0.5, 0.6) is 0 Å². The van der Waals surface area contributed by atoms with E-state index in [1.165, 1.54) is 5.56 Å². The molecule has 2 N–H and O–H groups in total. The predicted octanol–water partition coefficient (Wildman–Crippen LogP) is 1.82. The number of nitrogens with one attached hydrogen (secondary N) is 1. The van der Waals surface area contributed by atoms with Crippen molar-refractivity contribution in [2.45, 2.75) is 32.3 Å². The van der Waals surface area contributed by atoms with Crippen LogP contribution in [0.25, 0.3) is 0 Å². The quantitative estimate of drug-likeness (QED) is 0.870. The molecule has 1 aliphatic rings. The van der Waals surface area contributed by atoms with Gasteiger partial charge in [-0.05, 0) is 30.0 Å². The third kappa shape index (κ3) is 4.04. The van der Waals surface area contributed by atoms with Crippen molar-refractivity contribution < 1.29 is 9.90 Å². The number of aliphatic hydroxyl groups excluding tert-OH is 1. The Balaban J connectivity index is 1.85. The van der Waals surface area contributed by atoms with Crippen LogP contribution in [0, 0.1) is 0 Å². The van der Waals surface area contributed by atoms with E-state index in [9.17, 15) is 9.90 Å². The van der Waals surface area contributed by atoms with Crippen LogP contribution in [-0.2, 0) is 4.79 Å². The Bertz CT molecular complexity index is 428. The SMILES string of the molecule is CC(C)c1ccc(NC(=O)CN2CC[C@H](O)C2)cc1. The molecule has 0 aromatic heterocycles. The number of benzene rings is 1. The first-order valence-electron chi connectivity index (χ1n) is 6.85. The third-order valence-electron chi connectivity index (χ3n) is 3.48. The summed E-state index contributed by atoms with van der Waals surface area (Å²) in [6.45, 7) is 6.03. The van der Waals surface area contributed by atoms with Gasteiger partial charge in [0, 0.05) is 18.8 Å². The molecule has 2 rings (SSSR count). The summed E-state index contributed by atoms with van der Waals surface area (Å²) in [5.41, 5.74) is 2.09. The van der Waals surface area contributed by atoms with E-state index in [4.69, 9.17) is 0 Å². The average Bonchev–Trinajstić information content (AvgIpc) is 2.75. The number of rotatable bonds is 4. The molecule has 1 aromatic rings. The van der Waals surface area contributed by atoms with E-state index in [1.807, 2.05) is 29.2 Å². The second-order valence-electron chi connectivity index (χ2n) is 5.50. The maximum absolute atomic E-state index is 11.9. The zero-order valence-corrected chi connectivity index (χ0v) is 11.6. The lowest BCUT2D eigenvalue weighted by atomic mass is 10.0. The van der Waals surface area contributed by atoms with Gasteiger partial charge in [-0.1, -0.05) is 26.0 Å². The van der Waals surface area contributed by atoms with Gasteiger partial charge in [0.1, 0.15) is 0 Å². The van der Waals surface area contributed by atoms with E-state index < -0.39 is 0 Å². The number of hydrogen-bond acceptors (Lipinski definition) is 3. The van der Waals surface area contributed by atoms with Gasteiger partial charge in [-0.15, -0.1) is 0 Å². The summed E-state index contributed by atoms with van der Waals surface area (Å²) in [6, 6.07) is 7.96. The number of likely N-dealkylation sites (tertiary alicyclic amines) is 1.